The van der Waals surface area contributed by atoms with Gasteiger partial charge in [-0.2, -0.15) is 0 Å². The van der Waals surface area contributed by atoms with Gasteiger partial charge in [0.1, 0.15) is 11.6 Å². The molecule has 0 amide bonds. The highest BCUT2D eigenvalue weighted by atomic mass is 79.9. The van der Waals surface area contributed by atoms with Gasteiger partial charge in [-0.25, -0.2) is 8.78 Å². The molecule has 6 heteroatoms. The second-order valence-corrected chi connectivity index (χ2v) is 4.97. The van der Waals surface area contributed by atoms with Crippen molar-refractivity contribution in [1.29, 1.82) is 0 Å². The van der Waals surface area contributed by atoms with Crippen molar-refractivity contribution in [1.82, 2.24) is 0 Å². The standard InChI is InChI=1S/C11H12BrF2NO.ClH/c12-6-3-4-7(13)8(9(6)14)10(15)11(16)5-1-2-5;/h3-5,10-11,16H,1-2,15H2;1H/t10-,11+;/m1./s1. The molecule has 0 radical (unpaired) electrons. The lowest BCUT2D eigenvalue weighted by Crippen LogP contribution is -2.29. The van der Waals surface area contributed by atoms with Crippen molar-refractivity contribution in [2.24, 2.45) is 11.7 Å². The molecule has 2 rings (SSSR count). The fourth-order valence-corrected chi connectivity index (χ4v) is 2.10. The number of aliphatic hydroxyl groups is 1. The third kappa shape index (κ3) is 2.96. The van der Waals surface area contributed by atoms with Crippen LogP contribution in [0.15, 0.2) is 16.6 Å². The van der Waals surface area contributed by atoms with E-state index >= 15 is 0 Å². The first-order valence-electron chi connectivity index (χ1n) is 5.09. The van der Waals surface area contributed by atoms with Gasteiger partial charge in [0, 0.05) is 5.56 Å². The molecule has 17 heavy (non-hydrogen) atoms. The normalized spacial score (nSPS) is 18.4. The van der Waals surface area contributed by atoms with E-state index in [1.807, 2.05) is 0 Å². The molecule has 0 spiro atoms. The van der Waals surface area contributed by atoms with Gasteiger partial charge in [0.05, 0.1) is 16.6 Å². The van der Waals surface area contributed by atoms with Gasteiger partial charge in [-0.3, -0.25) is 0 Å². The summed E-state index contributed by atoms with van der Waals surface area (Å²) in [5, 5.41) is 9.78. The second kappa shape index (κ2) is 5.61. The Morgan fingerprint density at radius 2 is 1.94 bits per heavy atom. The maximum atomic E-state index is 13.7. The molecule has 3 N–H and O–H groups in total. The Kier molecular flexibility index (Phi) is 4.89. The molecular weight excluding hydrogens is 315 g/mol. The van der Waals surface area contributed by atoms with E-state index in [0.717, 1.165) is 18.9 Å². The highest BCUT2D eigenvalue weighted by molar-refractivity contribution is 9.10. The van der Waals surface area contributed by atoms with Gasteiger partial charge in [0.15, 0.2) is 0 Å². The summed E-state index contributed by atoms with van der Waals surface area (Å²) in [6, 6.07) is 1.41. The molecule has 1 aromatic carbocycles. The topological polar surface area (TPSA) is 46.2 Å². The SMILES string of the molecule is Cl.N[C@H](c1c(F)ccc(Br)c1F)[C@@H](O)C1CC1. The lowest BCUT2D eigenvalue weighted by Gasteiger charge is -2.20. The van der Waals surface area contributed by atoms with Crippen molar-refractivity contribution in [2.45, 2.75) is 25.0 Å². The van der Waals surface area contributed by atoms with Crippen LogP contribution in [-0.4, -0.2) is 11.2 Å². The zero-order valence-corrected chi connectivity index (χ0v) is 11.3. The minimum atomic E-state index is -1.01. The smallest absolute Gasteiger partial charge is 0.145 e. The summed E-state index contributed by atoms with van der Waals surface area (Å²) in [7, 11) is 0. The van der Waals surface area contributed by atoms with Crippen LogP contribution in [-0.2, 0) is 0 Å². The van der Waals surface area contributed by atoms with Gasteiger partial charge < -0.3 is 10.8 Å². The molecule has 1 saturated carbocycles. The molecule has 0 bridgehead atoms. The number of nitrogens with two attached hydrogens (primary N) is 1. The van der Waals surface area contributed by atoms with E-state index in [-0.39, 0.29) is 28.4 Å². The lowest BCUT2D eigenvalue weighted by atomic mass is 9.98. The van der Waals surface area contributed by atoms with Crippen molar-refractivity contribution in [2.75, 3.05) is 0 Å². The summed E-state index contributed by atoms with van der Waals surface area (Å²) in [5.41, 5.74) is 5.46. The van der Waals surface area contributed by atoms with Gasteiger partial charge in [0.2, 0.25) is 0 Å². The third-order valence-electron chi connectivity index (χ3n) is 2.89. The minimum absolute atomic E-state index is 0. The van der Waals surface area contributed by atoms with Gasteiger partial charge in [-0.15, -0.1) is 12.4 Å². The Morgan fingerprint density at radius 3 is 2.47 bits per heavy atom. The first kappa shape index (κ1) is 14.8. The molecule has 0 unspecified atom stereocenters. The van der Waals surface area contributed by atoms with Gasteiger partial charge >= 0.3 is 0 Å². The predicted molar refractivity (Wildman–Crippen MR) is 67.0 cm³/mol. The van der Waals surface area contributed by atoms with E-state index in [4.69, 9.17) is 5.73 Å². The number of halogens is 4. The van der Waals surface area contributed by atoms with Crippen LogP contribution >= 0.6 is 28.3 Å². The number of benzene rings is 1. The Hall–Kier alpha value is -0.230. The summed E-state index contributed by atoms with van der Waals surface area (Å²) in [6.45, 7) is 0. The first-order valence-corrected chi connectivity index (χ1v) is 5.88. The Balaban J connectivity index is 0.00000144. The predicted octanol–water partition coefficient (Wildman–Crippen LogP) is 2.92. The zero-order valence-electron chi connectivity index (χ0n) is 8.87. The molecular formula is C11H13BrClF2NO. The quantitative estimate of drug-likeness (QED) is 0.838. The van der Waals surface area contributed by atoms with Crippen LogP contribution in [0.5, 0.6) is 0 Å². The number of hydrogen-bond acceptors (Lipinski definition) is 2. The third-order valence-corrected chi connectivity index (χ3v) is 3.50. The fraction of sp³-hybridized carbons (Fsp3) is 0.455. The van der Waals surface area contributed by atoms with Crippen LogP contribution in [0.3, 0.4) is 0 Å². The largest absolute Gasteiger partial charge is 0.391 e. The van der Waals surface area contributed by atoms with Crippen molar-refractivity contribution >= 4 is 28.3 Å². The van der Waals surface area contributed by atoms with Crippen LogP contribution in [0.2, 0.25) is 0 Å². The van der Waals surface area contributed by atoms with E-state index in [1.54, 1.807) is 0 Å². The number of rotatable bonds is 3. The van der Waals surface area contributed by atoms with Gasteiger partial charge in [-0.1, -0.05) is 0 Å². The van der Waals surface area contributed by atoms with E-state index in [0.29, 0.717) is 0 Å². The van der Waals surface area contributed by atoms with Crippen molar-refractivity contribution < 1.29 is 13.9 Å². The first-order chi connectivity index (χ1) is 7.52. The molecule has 2 nitrogen and oxygen atoms in total. The van der Waals surface area contributed by atoms with Gasteiger partial charge in [-0.05, 0) is 46.8 Å². The van der Waals surface area contributed by atoms with E-state index in [9.17, 15) is 13.9 Å². The Bertz CT molecular complexity index is 415. The number of hydrogen-bond donors (Lipinski definition) is 2. The van der Waals surface area contributed by atoms with Gasteiger partial charge in [0.25, 0.3) is 0 Å². The second-order valence-electron chi connectivity index (χ2n) is 4.11. The lowest BCUT2D eigenvalue weighted by molar-refractivity contribution is 0.119. The maximum absolute atomic E-state index is 13.7. The minimum Gasteiger partial charge on any atom is -0.391 e. The molecule has 0 saturated heterocycles. The van der Waals surface area contributed by atoms with Crippen molar-refractivity contribution in [3.8, 4) is 0 Å². The van der Waals surface area contributed by atoms with E-state index < -0.39 is 23.8 Å². The van der Waals surface area contributed by atoms with E-state index in [1.165, 1.54) is 6.07 Å². The average molecular weight is 329 g/mol. The molecule has 0 aromatic heterocycles. The maximum Gasteiger partial charge on any atom is 0.145 e. The molecule has 1 aliphatic rings. The van der Waals surface area contributed by atoms with Crippen LogP contribution in [0.1, 0.15) is 24.4 Å². The van der Waals surface area contributed by atoms with Crippen LogP contribution in [0.25, 0.3) is 0 Å². The monoisotopic (exact) mass is 327 g/mol. The van der Waals surface area contributed by atoms with Crippen LogP contribution in [0, 0.1) is 17.6 Å². The van der Waals surface area contributed by atoms with Crippen LogP contribution in [0.4, 0.5) is 8.78 Å². The molecule has 0 heterocycles. The molecule has 1 fully saturated rings. The summed E-state index contributed by atoms with van der Waals surface area (Å²) >= 11 is 2.97. The van der Waals surface area contributed by atoms with Crippen LogP contribution < -0.4 is 5.73 Å². The fourth-order valence-electron chi connectivity index (χ4n) is 1.75. The molecule has 2 atom stereocenters. The summed E-state index contributed by atoms with van der Waals surface area (Å²) < 4.78 is 27.3. The Labute approximate surface area is 113 Å². The molecule has 1 aromatic rings. The average Bonchev–Trinajstić information content (AvgIpc) is 3.06. The number of aliphatic hydroxyl groups excluding tert-OH is 1. The van der Waals surface area contributed by atoms with Crippen molar-refractivity contribution in [3.63, 3.8) is 0 Å². The van der Waals surface area contributed by atoms with Crippen molar-refractivity contribution in [3.05, 3.63) is 33.8 Å². The van der Waals surface area contributed by atoms with E-state index in [2.05, 4.69) is 15.9 Å². The Morgan fingerprint density at radius 1 is 1.35 bits per heavy atom. The summed E-state index contributed by atoms with van der Waals surface area (Å²) in [6.07, 6.45) is 0.858. The molecule has 0 aliphatic heterocycles. The summed E-state index contributed by atoms with van der Waals surface area (Å²) in [5.74, 6) is -1.37. The zero-order chi connectivity index (χ0) is 11.9. The highest BCUT2D eigenvalue weighted by Gasteiger charge is 2.36. The highest BCUT2D eigenvalue weighted by Crippen LogP contribution is 2.38. The molecule has 96 valence electrons. The molecule has 1 aliphatic carbocycles. The summed E-state index contributed by atoms with van der Waals surface area (Å²) in [4.78, 5) is 0.